The van der Waals surface area contributed by atoms with E-state index in [-0.39, 0.29) is 0 Å². The van der Waals surface area contributed by atoms with Crippen LogP contribution in [-0.2, 0) is 0 Å². The lowest BCUT2D eigenvalue weighted by Crippen LogP contribution is -1.87. The second-order valence-electron chi connectivity index (χ2n) is 3.18. The van der Waals surface area contributed by atoms with Crippen molar-refractivity contribution in [2.75, 3.05) is 0 Å². The Balaban J connectivity index is 2.29. The standard InChI is InChI=1S/C10H5Cl2N3O/c11-6-2-1-5-15-9(6)13-14-10(15)7-3-4-8(12)16-7/h1-5H. The summed E-state index contributed by atoms with van der Waals surface area (Å²) in [7, 11) is 0. The predicted molar refractivity (Wildman–Crippen MR) is 60.7 cm³/mol. The van der Waals surface area contributed by atoms with Gasteiger partial charge in [0.15, 0.2) is 16.6 Å². The number of fused-ring (bicyclic) bond motifs is 1. The average Bonchev–Trinajstić information content (AvgIpc) is 2.84. The van der Waals surface area contributed by atoms with Crippen LogP contribution in [-0.4, -0.2) is 14.6 Å². The second kappa shape index (κ2) is 3.50. The van der Waals surface area contributed by atoms with Crippen LogP contribution in [0.2, 0.25) is 10.2 Å². The van der Waals surface area contributed by atoms with Gasteiger partial charge < -0.3 is 4.42 Å². The van der Waals surface area contributed by atoms with Crippen LogP contribution in [0, 0.1) is 0 Å². The van der Waals surface area contributed by atoms with Crippen molar-refractivity contribution in [1.29, 1.82) is 0 Å². The van der Waals surface area contributed by atoms with E-state index in [1.165, 1.54) is 0 Å². The summed E-state index contributed by atoms with van der Waals surface area (Å²) < 4.78 is 7.02. The molecule has 0 aliphatic rings. The molecule has 0 aliphatic carbocycles. The molecule has 0 aromatic carbocycles. The molecule has 0 saturated heterocycles. The highest BCUT2D eigenvalue weighted by atomic mass is 35.5. The van der Waals surface area contributed by atoms with Gasteiger partial charge in [0.1, 0.15) is 0 Å². The first kappa shape index (κ1) is 9.69. The number of hydrogen-bond acceptors (Lipinski definition) is 3. The van der Waals surface area contributed by atoms with Gasteiger partial charge in [0, 0.05) is 6.20 Å². The van der Waals surface area contributed by atoms with Crippen molar-refractivity contribution >= 4 is 28.8 Å². The molecule has 0 spiro atoms. The van der Waals surface area contributed by atoms with Gasteiger partial charge in [-0.2, -0.15) is 0 Å². The highest BCUT2D eigenvalue weighted by Gasteiger charge is 2.12. The Kier molecular flexibility index (Phi) is 2.12. The lowest BCUT2D eigenvalue weighted by Gasteiger charge is -1.96. The van der Waals surface area contributed by atoms with Crippen LogP contribution < -0.4 is 0 Å². The first-order valence-electron chi connectivity index (χ1n) is 4.50. The van der Waals surface area contributed by atoms with Gasteiger partial charge in [-0.1, -0.05) is 11.6 Å². The quantitative estimate of drug-likeness (QED) is 0.669. The number of nitrogens with zero attached hydrogens (tertiary/aromatic N) is 3. The normalized spacial score (nSPS) is 11.1. The molecule has 6 heteroatoms. The van der Waals surface area contributed by atoms with Crippen LogP contribution >= 0.6 is 23.2 Å². The topological polar surface area (TPSA) is 43.3 Å². The molecule has 80 valence electrons. The Morgan fingerprint density at radius 3 is 2.75 bits per heavy atom. The summed E-state index contributed by atoms with van der Waals surface area (Å²) in [5.74, 6) is 1.13. The largest absolute Gasteiger partial charge is 0.441 e. The molecule has 4 nitrogen and oxygen atoms in total. The maximum absolute atomic E-state index is 5.98. The zero-order chi connectivity index (χ0) is 11.1. The molecule has 0 fully saturated rings. The minimum atomic E-state index is 0.314. The molecule has 0 saturated carbocycles. The summed E-state index contributed by atoms with van der Waals surface area (Å²) in [6.07, 6.45) is 1.81. The van der Waals surface area contributed by atoms with E-state index in [4.69, 9.17) is 27.6 Å². The fourth-order valence-corrected chi connectivity index (χ4v) is 1.83. The SMILES string of the molecule is Clc1ccc(-c2nnc3c(Cl)cccn23)o1. The smallest absolute Gasteiger partial charge is 0.204 e. The molecule has 3 aromatic rings. The second-order valence-corrected chi connectivity index (χ2v) is 3.96. The van der Waals surface area contributed by atoms with E-state index >= 15 is 0 Å². The van der Waals surface area contributed by atoms with Crippen molar-refractivity contribution in [1.82, 2.24) is 14.6 Å². The summed E-state index contributed by atoms with van der Waals surface area (Å²) in [6, 6.07) is 6.96. The van der Waals surface area contributed by atoms with Crippen molar-refractivity contribution in [2.45, 2.75) is 0 Å². The van der Waals surface area contributed by atoms with Gasteiger partial charge in [-0.25, -0.2) is 0 Å². The first-order chi connectivity index (χ1) is 7.75. The van der Waals surface area contributed by atoms with E-state index in [0.29, 0.717) is 27.5 Å². The summed E-state index contributed by atoms with van der Waals surface area (Å²) in [6.45, 7) is 0. The molecule has 3 rings (SSSR count). The Morgan fingerprint density at radius 1 is 1.12 bits per heavy atom. The van der Waals surface area contributed by atoms with Crippen molar-refractivity contribution in [3.63, 3.8) is 0 Å². The van der Waals surface area contributed by atoms with Gasteiger partial charge in [0.25, 0.3) is 0 Å². The van der Waals surface area contributed by atoms with E-state index < -0.39 is 0 Å². The van der Waals surface area contributed by atoms with Gasteiger partial charge in [-0.3, -0.25) is 4.40 Å². The van der Waals surface area contributed by atoms with Crippen molar-refractivity contribution in [3.8, 4) is 11.6 Å². The van der Waals surface area contributed by atoms with Crippen LogP contribution in [0.4, 0.5) is 0 Å². The third-order valence-corrected chi connectivity index (χ3v) is 2.68. The van der Waals surface area contributed by atoms with Crippen molar-refractivity contribution < 1.29 is 4.42 Å². The molecular weight excluding hydrogens is 249 g/mol. The van der Waals surface area contributed by atoms with E-state index in [0.717, 1.165) is 0 Å². The summed E-state index contributed by atoms with van der Waals surface area (Å²) >= 11 is 11.7. The van der Waals surface area contributed by atoms with Gasteiger partial charge in [-0.15, -0.1) is 10.2 Å². The third-order valence-electron chi connectivity index (χ3n) is 2.18. The van der Waals surface area contributed by atoms with Gasteiger partial charge in [-0.05, 0) is 35.9 Å². The molecule has 16 heavy (non-hydrogen) atoms. The number of hydrogen-bond donors (Lipinski definition) is 0. The maximum atomic E-state index is 5.98. The molecule has 0 radical (unpaired) electrons. The number of furan rings is 1. The van der Waals surface area contributed by atoms with Gasteiger partial charge in [0.2, 0.25) is 5.82 Å². The lowest BCUT2D eigenvalue weighted by molar-refractivity contribution is 0.578. The van der Waals surface area contributed by atoms with E-state index in [9.17, 15) is 0 Å². The van der Waals surface area contributed by atoms with Crippen LogP contribution in [0.3, 0.4) is 0 Å². The van der Waals surface area contributed by atoms with Gasteiger partial charge in [0.05, 0.1) is 5.02 Å². The zero-order valence-electron chi connectivity index (χ0n) is 7.89. The Morgan fingerprint density at radius 2 is 2.00 bits per heavy atom. The van der Waals surface area contributed by atoms with Crippen LogP contribution in [0.25, 0.3) is 17.2 Å². The monoisotopic (exact) mass is 253 g/mol. The first-order valence-corrected chi connectivity index (χ1v) is 5.26. The summed E-state index contributed by atoms with van der Waals surface area (Å²) in [5.41, 5.74) is 0.590. The number of halogens is 2. The van der Waals surface area contributed by atoms with E-state index in [2.05, 4.69) is 10.2 Å². The molecular formula is C10H5Cl2N3O. The molecule has 3 aromatic heterocycles. The van der Waals surface area contributed by atoms with Crippen molar-refractivity contribution in [3.05, 3.63) is 40.7 Å². The summed E-state index contributed by atoms with van der Waals surface area (Å²) in [5, 5.41) is 8.85. The van der Waals surface area contributed by atoms with Crippen LogP contribution in [0.5, 0.6) is 0 Å². The van der Waals surface area contributed by atoms with Gasteiger partial charge >= 0.3 is 0 Å². The molecule has 0 amide bonds. The molecule has 0 bridgehead atoms. The maximum Gasteiger partial charge on any atom is 0.204 e. The van der Waals surface area contributed by atoms with E-state index in [1.807, 2.05) is 12.3 Å². The Bertz CT molecular complexity index is 659. The summed E-state index contributed by atoms with van der Waals surface area (Å²) in [4.78, 5) is 0. The predicted octanol–water partition coefficient (Wildman–Crippen LogP) is 3.30. The third kappa shape index (κ3) is 1.38. The fraction of sp³-hybridized carbons (Fsp3) is 0. The molecule has 0 atom stereocenters. The molecule has 3 heterocycles. The number of pyridine rings is 1. The Hall–Kier alpha value is -1.52. The Labute approximate surface area is 100 Å². The highest BCUT2D eigenvalue weighted by Crippen LogP contribution is 2.25. The van der Waals surface area contributed by atoms with Crippen molar-refractivity contribution in [2.24, 2.45) is 0 Å². The minimum absolute atomic E-state index is 0.314. The van der Waals surface area contributed by atoms with Crippen LogP contribution in [0.15, 0.2) is 34.9 Å². The zero-order valence-corrected chi connectivity index (χ0v) is 9.40. The van der Waals surface area contributed by atoms with Crippen LogP contribution in [0.1, 0.15) is 0 Å². The molecule has 0 aliphatic heterocycles. The number of aromatic nitrogens is 3. The van der Waals surface area contributed by atoms with E-state index in [1.54, 1.807) is 22.6 Å². The molecule has 0 unspecified atom stereocenters. The average molecular weight is 254 g/mol. The highest BCUT2D eigenvalue weighted by molar-refractivity contribution is 6.33. The lowest BCUT2D eigenvalue weighted by atomic mass is 10.4. The fourth-order valence-electron chi connectivity index (χ4n) is 1.49. The minimum Gasteiger partial charge on any atom is -0.441 e. The molecule has 0 N–H and O–H groups in total. The number of rotatable bonds is 1.